The second kappa shape index (κ2) is 38.4. The number of amides is 1. The number of esters is 1. The molecule has 284 valence electrons. The van der Waals surface area contributed by atoms with Crippen molar-refractivity contribution in [2.75, 3.05) is 13.2 Å². The quantitative estimate of drug-likeness (QED) is 0.0343. The molecule has 0 aliphatic heterocycles. The van der Waals surface area contributed by atoms with Gasteiger partial charge in [0.2, 0.25) is 5.91 Å². The van der Waals surface area contributed by atoms with Gasteiger partial charge in [0.1, 0.15) is 0 Å². The lowest BCUT2D eigenvalue weighted by Crippen LogP contribution is -2.45. The topological polar surface area (TPSA) is 95.9 Å². The summed E-state index contributed by atoms with van der Waals surface area (Å²) in [5, 5.41) is 22.9. The molecule has 0 aliphatic rings. The van der Waals surface area contributed by atoms with E-state index in [9.17, 15) is 19.8 Å². The van der Waals surface area contributed by atoms with Crippen LogP contribution in [0.25, 0.3) is 0 Å². The Morgan fingerprint density at radius 1 is 0.562 bits per heavy atom. The van der Waals surface area contributed by atoms with E-state index in [1.807, 2.05) is 0 Å². The SMILES string of the molecule is CCCCCCCCCCCCCCC(=O)OCCCC/C=C\CCCCCCC(=O)NC(CO)C(O)CCCCCCCCCCC. The normalized spacial score (nSPS) is 12.8. The van der Waals surface area contributed by atoms with Gasteiger partial charge < -0.3 is 20.3 Å². The van der Waals surface area contributed by atoms with Crippen LogP contribution in [0.2, 0.25) is 0 Å². The highest BCUT2D eigenvalue weighted by Gasteiger charge is 2.20. The summed E-state index contributed by atoms with van der Waals surface area (Å²) in [7, 11) is 0. The van der Waals surface area contributed by atoms with Crippen molar-refractivity contribution in [3.63, 3.8) is 0 Å². The van der Waals surface area contributed by atoms with Gasteiger partial charge in [0.25, 0.3) is 0 Å². The first-order chi connectivity index (χ1) is 23.5. The average molecular weight is 680 g/mol. The molecular weight excluding hydrogens is 598 g/mol. The van der Waals surface area contributed by atoms with Crippen LogP contribution < -0.4 is 5.32 Å². The number of nitrogens with one attached hydrogen (secondary N) is 1. The standard InChI is InChI=1S/C42H81NO5/c1-3-5-7-9-11-13-14-15-20-24-28-32-36-42(47)48-37-33-29-25-21-17-16-19-23-27-31-35-41(46)43-39(38-44)40(45)34-30-26-22-18-12-10-8-6-4-2/h17,21,39-40,44-45H,3-16,18-20,22-38H2,1-2H3,(H,43,46)/b21-17-. The summed E-state index contributed by atoms with van der Waals surface area (Å²) in [6, 6.07) is -0.562. The minimum atomic E-state index is -0.681. The molecule has 0 heterocycles. The molecule has 2 unspecified atom stereocenters. The number of carbonyl (C=O) groups excluding carboxylic acids is 2. The van der Waals surface area contributed by atoms with Gasteiger partial charge in [-0.3, -0.25) is 9.59 Å². The number of rotatable bonds is 38. The number of carbonyl (C=O) groups is 2. The zero-order chi connectivity index (χ0) is 35.2. The van der Waals surface area contributed by atoms with Gasteiger partial charge in [0, 0.05) is 12.8 Å². The van der Waals surface area contributed by atoms with Crippen molar-refractivity contribution in [2.24, 2.45) is 0 Å². The molecule has 0 aromatic carbocycles. The molecule has 0 bridgehead atoms. The molecule has 0 saturated heterocycles. The van der Waals surface area contributed by atoms with Crippen LogP contribution in [0.5, 0.6) is 0 Å². The summed E-state index contributed by atoms with van der Waals surface area (Å²) in [6.45, 7) is 4.82. The fourth-order valence-electron chi connectivity index (χ4n) is 6.28. The Bertz CT molecular complexity index is 712. The summed E-state index contributed by atoms with van der Waals surface area (Å²) >= 11 is 0. The third-order valence-corrected chi connectivity index (χ3v) is 9.56. The number of unbranched alkanes of at least 4 members (excludes halogenated alkanes) is 25. The third kappa shape index (κ3) is 34.5. The van der Waals surface area contributed by atoms with Gasteiger partial charge in [0.15, 0.2) is 0 Å². The number of hydrogen-bond donors (Lipinski definition) is 3. The molecular formula is C42H81NO5. The molecule has 0 radical (unpaired) electrons. The molecule has 1 amide bonds. The van der Waals surface area contributed by atoms with E-state index in [0.29, 0.717) is 25.9 Å². The van der Waals surface area contributed by atoms with Gasteiger partial charge in [-0.15, -0.1) is 0 Å². The first-order valence-corrected chi connectivity index (χ1v) is 20.9. The summed E-state index contributed by atoms with van der Waals surface area (Å²) in [4.78, 5) is 24.3. The van der Waals surface area contributed by atoms with Gasteiger partial charge >= 0.3 is 5.97 Å². The fourth-order valence-corrected chi connectivity index (χ4v) is 6.28. The lowest BCUT2D eigenvalue weighted by Gasteiger charge is -2.22. The number of aliphatic hydroxyl groups excluding tert-OH is 2. The van der Waals surface area contributed by atoms with E-state index in [1.54, 1.807) is 0 Å². The van der Waals surface area contributed by atoms with Gasteiger partial charge in [-0.2, -0.15) is 0 Å². The minimum absolute atomic E-state index is 0.0368. The fraction of sp³-hybridized carbons (Fsp3) is 0.905. The number of hydrogen-bond acceptors (Lipinski definition) is 5. The molecule has 6 nitrogen and oxygen atoms in total. The van der Waals surface area contributed by atoms with Gasteiger partial charge in [-0.25, -0.2) is 0 Å². The Morgan fingerprint density at radius 3 is 1.48 bits per heavy atom. The van der Waals surface area contributed by atoms with E-state index < -0.39 is 12.1 Å². The Balaban J connectivity index is 3.53. The molecule has 6 heteroatoms. The molecule has 0 fully saturated rings. The maximum absolute atomic E-state index is 12.3. The molecule has 0 spiro atoms. The van der Waals surface area contributed by atoms with E-state index >= 15 is 0 Å². The molecule has 0 rings (SSSR count). The second-order valence-electron chi connectivity index (χ2n) is 14.3. The van der Waals surface area contributed by atoms with Crippen LogP contribution in [-0.2, 0) is 14.3 Å². The predicted molar refractivity (Wildman–Crippen MR) is 204 cm³/mol. The number of aliphatic hydroxyl groups is 2. The van der Waals surface area contributed by atoms with E-state index in [2.05, 4.69) is 31.3 Å². The number of allylic oxidation sites excluding steroid dienone is 2. The van der Waals surface area contributed by atoms with Crippen LogP contribution >= 0.6 is 0 Å². The van der Waals surface area contributed by atoms with E-state index in [4.69, 9.17) is 4.74 Å². The van der Waals surface area contributed by atoms with Crippen molar-refractivity contribution in [1.82, 2.24) is 5.32 Å². The van der Waals surface area contributed by atoms with Crippen LogP contribution in [0.15, 0.2) is 12.2 Å². The van der Waals surface area contributed by atoms with Crippen molar-refractivity contribution in [1.29, 1.82) is 0 Å². The summed E-state index contributed by atoms with van der Waals surface area (Å²) < 4.78 is 5.40. The van der Waals surface area contributed by atoms with E-state index in [0.717, 1.165) is 77.0 Å². The highest BCUT2D eigenvalue weighted by molar-refractivity contribution is 5.76. The van der Waals surface area contributed by atoms with Crippen LogP contribution in [-0.4, -0.2) is 47.4 Å². The zero-order valence-corrected chi connectivity index (χ0v) is 32.0. The smallest absolute Gasteiger partial charge is 0.305 e. The van der Waals surface area contributed by atoms with Crippen LogP contribution in [0.1, 0.15) is 219 Å². The summed E-state index contributed by atoms with van der Waals surface area (Å²) in [6.07, 6.45) is 40.2. The van der Waals surface area contributed by atoms with Gasteiger partial charge in [0.05, 0.1) is 25.4 Å². The third-order valence-electron chi connectivity index (χ3n) is 9.56. The Kier molecular flexibility index (Phi) is 37.3. The molecule has 0 aliphatic carbocycles. The molecule has 0 aromatic rings. The first kappa shape index (κ1) is 46.6. The van der Waals surface area contributed by atoms with E-state index in [-0.39, 0.29) is 18.5 Å². The van der Waals surface area contributed by atoms with Crippen LogP contribution in [0.4, 0.5) is 0 Å². The zero-order valence-electron chi connectivity index (χ0n) is 32.0. The van der Waals surface area contributed by atoms with Crippen LogP contribution in [0.3, 0.4) is 0 Å². The van der Waals surface area contributed by atoms with Crippen molar-refractivity contribution < 1.29 is 24.5 Å². The highest BCUT2D eigenvalue weighted by atomic mass is 16.5. The summed E-state index contributed by atoms with van der Waals surface area (Å²) in [5.41, 5.74) is 0. The van der Waals surface area contributed by atoms with E-state index in [1.165, 1.54) is 109 Å². The highest BCUT2D eigenvalue weighted by Crippen LogP contribution is 2.15. The van der Waals surface area contributed by atoms with Crippen molar-refractivity contribution in [2.45, 2.75) is 231 Å². The Labute approximate surface area is 298 Å². The monoisotopic (exact) mass is 680 g/mol. The molecule has 48 heavy (non-hydrogen) atoms. The molecule has 0 aromatic heterocycles. The van der Waals surface area contributed by atoms with Gasteiger partial charge in [-0.1, -0.05) is 167 Å². The van der Waals surface area contributed by atoms with Crippen LogP contribution in [0, 0.1) is 0 Å². The summed E-state index contributed by atoms with van der Waals surface area (Å²) in [5.74, 6) is -0.111. The Hall–Kier alpha value is -1.40. The average Bonchev–Trinajstić information content (AvgIpc) is 3.08. The van der Waals surface area contributed by atoms with Crippen molar-refractivity contribution >= 4 is 11.9 Å². The van der Waals surface area contributed by atoms with Gasteiger partial charge in [-0.05, 0) is 51.4 Å². The maximum Gasteiger partial charge on any atom is 0.305 e. The molecule has 3 N–H and O–H groups in total. The maximum atomic E-state index is 12.3. The largest absolute Gasteiger partial charge is 0.466 e. The molecule has 0 saturated carbocycles. The lowest BCUT2D eigenvalue weighted by atomic mass is 10.0. The Morgan fingerprint density at radius 2 is 0.979 bits per heavy atom. The first-order valence-electron chi connectivity index (χ1n) is 20.9. The lowest BCUT2D eigenvalue weighted by molar-refractivity contribution is -0.143. The predicted octanol–water partition coefficient (Wildman–Crippen LogP) is 11.4. The molecule has 2 atom stereocenters. The second-order valence-corrected chi connectivity index (χ2v) is 14.3. The number of ether oxygens (including phenoxy) is 1. The minimum Gasteiger partial charge on any atom is -0.466 e. The van der Waals surface area contributed by atoms with Crippen molar-refractivity contribution in [3.8, 4) is 0 Å². The van der Waals surface area contributed by atoms with Crippen molar-refractivity contribution in [3.05, 3.63) is 12.2 Å².